The molecule has 1 aromatic heterocycles. The number of pyridine rings is 1. The number of methoxy groups -OCH3 is 1. The van der Waals surface area contributed by atoms with Gasteiger partial charge in [-0.05, 0) is 39.7 Å². The Morgan fingerprint density at radius 3 is 2.90 bits per heavy atom. The van der Waals surface area contributed by atoms with Gasteiger partial charge < -0.3 is 14.8 Å². The van der Waals surface area contributed by atoms with Crippen molar-refractivity contribution in [1.82, 2.24) is 4.98 Å². The quantitative estimate of drug-likeness (QED) is 0.786. The summed E-state index contributed by atoms with van der Waals surface area (Å²) in [7, 11) is 1.66. The Hall–Kier alpha value is -1.59. The van der Waals surface area contributed by atoms with Crippen LogP contribution in [0.4, 0.5) is 5.69 Å². The number of halogens is 1. The molecule has 1 aromatic carbocycles. The lowest BCUT2D eigenvalue weighted by Crippen LogP contribution is -2.05. The highest BCUT2D eigenvalue weighted by Crippen LogP contribution is 2.18. The first-order chi connectivity index (χ1) is 9.78. The predicted octanol–water partition coefficient (Wildman–Crippen LogP) is 3.48. The van der Waals surface area contributed by atoms with Gasteiger partial charge in [0.05, 0.1) is 6.61 Å². The number of hydrogen-bond acceptors (Lipinski definition) is 4. The third-order valence-corrected chi connectivity index (χ3v) is 3.08. The molecule has 4 nitrogen and oxygen atoms in total. The second-order valence-electron chi connectivity index (χ2n) is 4.23. The maximum Gasteiger partial charge on any atom is 0.121 e. The molecule has 106 valence electrons. The molecule has 0 amide bonds. The van der Waals surface area contributed by atoms with Crippen molar-refractivity contribution in [2.45, 2.75) is 6.54 Å². The number of ether oxygens (including phenoxy) is 2. The van der Waals surface area contributed by atoms with Gasteiger partial charge >= 0.3 is 0 Å². The highest BCUT2D eigenvalue weighted by atomic mass is 79.9. The molecule has 0 unspecified atom stereocenters. The van der Waals surface area contributed by atoms with Crippen LogP contribution >= 0.6 is 15.9 Å². The van der Waals surface area contributed by atoms with E-state index in [0.717, 1.165) is 21.5 Å². The van der Waals surface area contributed by atoms with E-state index in [2.05, 4.69) is 26.2 Å². The van der Waals surface area contributed by atoms with Crippen LogP contribution in [0.1, 0.15) is 5.56 Å². The van der Waals surface area contributed by atoms with Crippen molar-refractivity contribution in [3.63, 3.8) is 0 Å². The Morgan fingerprint density at radius 1 is 1.20 bits per heavy atom. The number of nitrogens with zero attached hydrogens (tertiary/aromatic N) is 1. The molecular formula is C15H17BrN2O2. The van der Waals surface area contributed by atoms with Crippen molar-refractivity contribution >= 4 is 21.6 Å². The summed E-state index contributed by atoms with van der Waals surface area (Å²) in [6, 6.07) is 9.92. The minimum atomic E-state index is 0.551. The second-order valence-corrected chi connectivity index (χ2v) is 5.15. The van der Waals surface area contributed by atoms with E-state index in [9.17, 15) is 0 Å². The monoisotopic (exact) mass is 336 g/mol. The first-order valence-electron chi connectivity index (χ1n) is 6.33. The molecule has 0 radical (unpaired) electrons. The molecule has 0 aliphatic rings. The van der Waals surface area contributed by atoms with Crippen molar-refractivity contribution in [3.05, 3.63) is 52.8 Å². The summed E-state index contributed by atoms with van der Waals surface area (Å²) in [6.07, 6.45) is 3.62. The largest absolute Gasteiger partial charge is 0.491 e. The number of rotatable bonds is 7. The number of aromatic nitrogens is 1. The van der Waals surface area contributed by atoms with Gasteiger partial charge in [-0.2, -0.15) is 0 Å². The zero-order chi connectivity index (χ0) is 14.2. The third-order valence-electron chi connectivity index (χ3n) is 2.65. The van der Waals surface area contributed by atoms with E-state index >= 15 is 0 Å². The van der Waals surface area contributed by atoms with Crippen molar-refractivity contribution in [3.8, 4) is 5.75 Å². The van der Waals surface area contributed by atoms with Crippen molar-refractivity contribution in [2.24, 2.45) is 0 Å². The molecule has 0 aliphatic heterocycles. The molecule has 2 rings (SSSR count). The average Bonchev–Trinajstić information content (AvgIpc) is 2.46. The first-order valence-corrected chi connectivity index (χ1v) is 7.12. The van der Waals surface area contributed by atoms with Gasteiger partial charge in [0.25, 0.3) is 0 Å². The molecule has 0 atom stereocenters. The highest BCUT2D eigenvalue weighted by Gasteiger charge is 1.98. The van der Waals surface area contributed by atoms with Gasteiger partial charge in [0.2, 0.25) is 0 Å². The van der Waals surface area contributed by atoms with Gasteiger partial charge in [-0.25, -0.2) is 0 Å². The standard InChI is InChI=1S/C15H17BrN2O2/c1-19-5-6-20-15-4-2-3-14(8-15)18-10-12-7-13(16)11-17-9-12/h2-4,7-9,11,18H,5-6,10H2,1H3. The maximum atomic E-state index is 5.57. The molecule has 20 heavy (non-hydrogen) atoms. The molecule has 2 aromatic rings. The maximum absolute atomic E-state index is 5.57. The van der Waals surface area contributed by atoms with Gasteiger partial charge in [-0.1, -0.05) is 6.07 Å². The summed E-state index contributed by atoms with van der Waals surface area (Å²) < 4.78 is 11.5. The van der Waals surface area contributed by atoms with Crippen molar-refractivity contribution in [1.29, 1.82) is 0 Å². The fourth-order valence-corrected chi connectivity index (χ4v) is 2.11. The molecule has 0 saturated carbocycles. The van der Waals surface area contributed by atoms with Gasteiger partial charge in [-0.15, -0.1) is 0 Å². The van der Waals surface area contributed by atoms with Crippen LogP contribution in [0, 0.1) is 0 Å². The van der Waals surface area contributed by atoms with Crippen LogP contribution in [-0.2, 0) is 11.3 Å². The van der Waals surface area contributed by atoms with Crippen LogP contribution in [0.3, 0.4) is 0 Å². The zero-order valence-corrected chi connectivity index (χ0v) is 12.9. The summed E-state index contributed by atoms with van der Waals surface area (Å²) in [5.41, 5.74) is 2.13. The van der Waals surface area contributed by atoms with Crippen LogP contribution in [0.2, 0.25) is 0 Å². The fourth-order valence-electron chi connectivity index (χ4n) is 1.70. The SMILES string of the molecule is COCCOc1cccc(NCc2cncc(Br)c2)c1. The Labute approximate surface area is 127 Å². The minimum Gasteiger partial charge on any atom is -0.491 e. The van der Waals surface area contributed by atoms with Crippen LogP contribution in [-0.4, -0.2) is 25.3 Å². The Bertz CT molecular complexity index is 549. The molecule has 0 bridgehead atoms. The highest BCUT2D eigenvalue weighted by molar-refractivity contribution is 9.10. The third kappa shape index (κ3) is 4.83. The number of anilines is 1. The Morgan fingerprint density at radius 2 is 2.10 bits per heavy atom. The van der Waals surface area contributed by atoms with Crippen molar-refractivity contribution in [2.75, 3.05) is 25.6 Å². The summed E-state index contributed by atoms with van der Waals surface area (Å²) >= 11 is 3.41. The molecule has 0 aliphatic carbocycles. The van der Waals surface area contributed by atoms with Gasteiger partial charge in [0.1, 0.15) is 12.4 Å². The van der Waals surface area contributed by atoms with E-state index in [-0.39, 0.29) is 0 Å². The second kappa shape index (κ2) is 7.87. The van der Waals surface area contributed by atoms with E-state index < -0.39 is 0 Å². The lowest BCUT2D eigenvalue weighted by Gasteiger charge is -2.09. The van der Waals surface area contributed by atoms with Gasteiger partial charge in [0, 0.05) is 42.3 Å². The number of hydrogen-bond donors (Lipinski definition) is 1. The predicted molar refractivity (Wildman–Crippen MR) is 83.1 cm³/mol. The van der Waals surface area contributed by atoms with E-state index in [0.29, 0.717) is 19.8 Å². The molecule has 0 spiro atoms. The molecule has 0 fully saturated rings. The van der Waals surface area contributed by atoms with E-state index in [1.54, 1.807) is 13.3 Å². The van der Waals surface area contributed by atoms with E-state index in [4.69, 9.17) is 9.47 Å². The van der Waals surface area contributed by atoms with Gasteiger partial charge in [-0.3, -0.25) is 4.98 Å². The molecule has 5 heteroatoms. The van der Waals surface area contributed by atoms with Crippen LogP contribution in [0.25, 0.3) is 0 Å². The van der Waals surface area contributed by atoms with Crippen LogP contribution < -0.4 is 10.1 Å². The summed E-state index contributed by atoms with van der Waals surface area (Å²) in [5, 5.41) is 3.35. The normalized spacial score (nSPS) is 10.3. The topological polar surface area (TPSA) is 43.4 Å². The molecule has 1 heterocycles. The van der Waals surface area contributed by atoms with Gasteiger partial charge in [0.15, 0.2) is 0 Å². The zero-order valence-electron chi connectivity index (χ0n) is 11.3. The number of benzene rings is 1. The summed E-state index contributed by atoms with van der Waals surface area (Å²) in [4.78, 5) is 4.14. The van der Waals surface area contributed by atoms with Crippen LogP contribution in [0.5, 0.6) is 5.75 Å². The summed E-state index contributed by atoms with van der Waals surface area (Å²) in [6.45, 7) is 1.85. The summed E-state index contributed by atoms with van der Waals surface area (Å²) in [5.74, 6) is 0.833. The lowest BCUT2D eigenvalue weighted by molar-refractivity contribution is 0.146. The van der Waals surface area contributed by atoms with Crippen molar-refractivity contribution < 1.29 is 9.47 Å². The lowest BCUT2D eigenvalue weighted by atomic mass is 10.2. The van der Waals surface area contributed by atoms with E-state index in [1.807, 2.05) is 36.5 Å². The molecular weight excluding hydrogens is 320 g/mol. The average molecular weight is 337 g/mol. The number of nitrogens with one attached hydrogen (secondary N) is 1. The molecule has 1 N–H and O–H groups in total. The van der Waals surface area contributed by atoms with E-state index in [1.165, 1.54) is 0 Å². The fraction of sp³-hybridized carbons (Fsp3) is 0.267. The minimum absolute atomic E-state index is 0.551. The van der Waals surface area contributed by atoms with Crippen LogP contribution in [0.15, 0.2) is 47.2 Å². The smallest absolute Gasteiger partial charge is 0.121 e. The molecule has 0 saturated heterocycles. The first kappa shape index (κ1) is 14.8. The Kier molecular flexibility index (Phi) is 5.83. The Balaban J connectivity index is 1.91.